The number of hydrogen-bond donors (Lipinski definition) is 0. The summed E-state index contributed by atoms with van der Waals surface area (Å²) in [5.41, 5.74) is -0.887. The van der Waals surface area contributed by atoms with Gasteiger partial charge in [-0.1, -0.05) is 66.4 Å². The first-order valence-corrected chi connectivity index (χ1v) is 12.7. The maximum Gasteiger partial charge on any atom is 0.460 e. The molecule has 0 saturated carbocycles. The van der Waals surface area contributed by atoms with Crippen molar-refractivity contribution >= 4 is 11.6 Å². The van der Waals surface area contributed by atoms with Gasteiger partial charge in [0.1, 0.15) is 0 Å². The molecule has 0 radical (unpaired) electrons. The number of rotatable bonds is 9. The molecule has 0 aliphatic rings. The van der Waals surface area contributed by atoms with Crippen LogP contribution >= 0.6 is 0 Å². The summed E-state index contributed by atoms with van der Waals surface area (Å²) in [7, 11) is 0. The third kappa shape index (κ3) is 6.21. The van der Waals surface area contributed by atoms with E-state index in [9.17, 15) is 61.9 Å². The highest BCUT2D eigenvalue weighted by molar-refractivity contribution is 6.00. The molecule has 0 bridgehead atoms. The molecule has 3 aromatic carbocycles. The zero-order chi connectivity index (χ0) is 35.9. The highest BCUT2D eigenvalue weighted by atomic mass is 19.4. The van der Waals surface area contributed by atoms with Crippen LogP contribution in [0.3, 0.4) is 0 Å². The third-order valence-electron chi connectivity index (χ3n) is 6.74. The van der Waals surface area contributed by atoms with Gasteiger partial charge in [-0.25, -0.2) is 0 Å². The summed E-state index contributed by atoms with van der Waals surface area (Å²) in [4.78, 5) is 12.8. The Labute approximate surface area is 255 Å². The van der Waals surface area contributed by atoms with Crippen molar-refractivity contribution < 1.29 is 70.7 Å². The normalized spacial score (nSPS) is 13.5. The summed E-state index contributed by atoms with van der Waals surface area (Å²) in [5, 5.41) is 0. The van der Waals surface area contributed by atoms with Gasteiger partial charge in [0.15, 0.2) is 0 Å². The molecule has 254 valence electrons. The topological polar surface area (TPSA) is 20.3 Å². The van der Waals surface area contributed by atoms with Crippen LogP contribution in [0.4, 0.5) is 71.5 Å². The van der Waals surface area contributed by atoms with E-state index in [0.717, 1.165) is 24.3 Å². The van der Waals surface area contributed by atoms with Crippen molar-refractivity contribution in [1.82, 2.24) is 0 Å². The molecule has 1 amide bonds. The van der Waals surface area contributed by atoms with Gasteiger partial charge < -0.3 is 4.90 Å². The molecule has 3 aromatic rings. The van der Waals surface area contributed by atoms with E-state index in [2.05, 4.69) is 11.8 Å². The third-order valence-corrected chi connectivity index (χ3v) is 6.74. The zero-order valence-corrected chi connectivity index (χ0v) is 23.2. The minimum Gasteiger partial charge on any atom is -0.301 e. The lowest BCUT2D eigenvalue weighted by molar-refractivity contribution is -0.449. The van der Waals surface area contributed by atoms with E-state index in [1.165, 1.54) is 55.5 Å². The Kier molecular flexibility index (Phi) is 9.74. The molecule has 47 heavy (non-hydrogen) atoms. The van der Waals surface area contributed by atoms with Crippen LogP contribution in [0.25, 0.3) is 0 Å². The fraction of sp³-hybridized carbons (Fsp3) is 0.300. The first kappa shape index (κ1) is 37.1. The molecule has 0 aromatic heterocycles. The molecule has 0 aliphatic carbocycles. The van der Waals surface area contributed by atoms with Crippen LogP contribution in [0, 0.1) is 18.8 Å². The Bertz CT molecular complexity index is 1650. The summed E-state index contributed by atoms with van der Waals surface area (Å²) >= 11 is 0. The molecule has 0 aliphatic heterocycles. The Balaban J connectivity index is 2.21. The second-order valence-electron chi connectivity index (χ2n) is 9.90. The maximum absolute atomic E-state index is 15.2. The molecule has 0 saturated heterocycles. The molecular weight excluding hydrogens is 675 g/mol. The van der Waals surface area contributed by atoms with Gasteiger partial charge in [0.05, 0.1) is 12.2 Å². The van der Waals surface area contributed by atoms with Gasteiger partial charge in [-0.15, -0.1) is 0 Å². The zero-order valence-electron chi connectivity index (χ0n) is 23.2. The molecule has 2 nitrogen and oxygen atoms in total. The lowest BCUT2D eigenvalue weighted by Crippen LogP contribution is -2.74. The minimum absolute atomic E-state index is 0.126. The van der Waals surface area contributed by atoms with Crippen molar-refractivity contribution in [2.75, 3.05) is 4.90 Å². The quantitative estimate of drug-likeness (QED) is 0.162. The van der Waals surface area contributed by atoms with Gasteiger partial charge in [-0.05, 0) is 42.3 Å². The Hall–Kier alpha value is -4.36. The summed E-state index contributed by atoms with van der Waals surface area (Å²) in [5.74, 6) is -47.1. The number of anilines is 1. The molecule has 0 spiro atoms. The SMILES string of the molecule is Cc1ccccc1CN(C(=O)C(F)(F)C(F)(F)C(F)(F)C(F)(F)C(F)(F)C(F)(F)C(F)(F)F)c1ccccc1C#Cc1ccccc1. The number of halogens is 15. The Morgan fingerprint density at radius 3 is 1.60 bits per heavy atom. The van der Waals surface area contributed by atoms with Crippen molar-refractivity contribution in [3.8, 4) is 11.8 Å². The van der Waals surface area contributed by atoms with E-state index in [1.54, 1.807) is 6.07 Å². The van der Waals surface area contributed by atoms with Crippen LogP contribution in [-0.2, 0) is 11.3 Å². The monoisotopic (exact) mass is 693 g/mol. The predicted molar refractivity (Wildman–Crippen MR) is 137 cm³/mol. The first-order chi connectivity index (χ1) is 21.4. The summed E-state index contributed by atoms with van der Waals surface area (Å²) < 4.78 is 208. The summed E-state index contributed by atoms with van der Waals surface area (Å²) in [6.07, 6.45) is -7.74. The second-order valence-corrected chi connectivity index (χ2v) is 9.90. The number of carbonyl (C=O) groups excluding carboxylic acids is 1. The Morgan fingerprint density at radius 2 is 1.04 bits per heavy atom. The number of alkyl halides is 15. The molecule has 0 N–H and O–H groups in total. The second kappa shape index (κ2) is 12.3. The molecule has 0 atom stereocenters. The minimum atomic E-state index is -8.52. The average Bonchev–Trinajstić information content (AvgIpc) is 2.99. The van der Waals surface area contributed by atoms with Crippen LogP contribution in [-0.4, -0.2) is 47.6 Å². The van der Waals surface area contributed by atoms with Crippen molar-refractivity contribution in [2.24, 2.45) is 0 Å². The van der Waals surface area contributed by atoms with Crippen LogP contribution < -0.4 is 4.90 Å². The lowest BCUT2D eigenvalue weighted by atomic mass is 9.90. The van der Waals surface area contributed by atoms with Gasteiger partial charge in [0.25, 0.3) is 0 Å². The number of benzene rings is 3. The van der Waals surface area contributed by atoms with Gasteiger partial charge >= 0.3 is 47.6 Å². The number of amides is 1. The summed E-state index contributed by atoms with van der Waals surface area (Å²) in [6.45, 7) is 0.134. The summed E-state index contributed by atoms with van der Waals surface area (Å²) in [6, 6.07) is 16.8. The number of aryl methyl sites for hydroxylation is 1. The van der Waals surface area contributed by atoms with E-state index in [0.29, 0.717) is 0 Å². The smallest absolute Gasteiger partial charge is 0.301 e. The number of para-hydroxylation sites is 1. The van der Waals surface area contributed by atoms with E-state index in [4.69, 9.17) is 0 Å². The van der Waals surface area contributed by atoms with Crippen LogP contribution in [0.2, 0.25) is 0 Å². The Morgan fingerprint density at radius 1 is 0.574 bits per heavy atom. The highest BCUT2D eigenvalue weighted by Gasteiger charge is 2.94. The van der Waals surface area contributed by atoms with Crippen LogP contribution in [0.1, 0.15) is 22.3 Å². The molecule has 3 rings (SSSR count). The van der Waals surface area contributed by atoms with Gasteiger partial charge in [0.2, 0.25) is 0 Å². The molecule has 0 unspecified atom stereocenters. The fourth-order valence-electron chi connectivity index (χ4n) is 3.97. The van der Waals surface area contributed by atoms with Crippen LogP contribution in [0.15, 0.2) is 78.9 Å². The van der Waals surface area contributed by atoms with Gasteiger partial charge in [-0.3, -0.25) is 4.79 Å². The fourth-order valence-corrected chi connectivity index (χ4v) is 3.97. The van der Waals surface area contributed by atoms with Gasteiger partial charge in [-0.2, -0.15) is 65.9 Å². The van der Waals surface area contributed by atoms with E-state index in [-0.39, 0.29) is 21.6 Å². The molecule has 0 fully saturated rings. The number of carbonyl (C=O) groups is 1. The van der Waals surface area contributed by atoms with Crippen molar-refractivity contribution in [3.05, 3.63) is 101 Å². The van der Waals surface area contributed by atoms with Crippen molar-refractivity contribution in [2.45, 2.75) is 55.2 Å². The van der Waals surface area contributed by atoms with E-state index >= 15 is 8.78 Å². The maximum atomic E-state index is 15.2. The van der Waals surface area contributed by atoms with Crippen molar-refractivity contribution in [1.29, 1.82) is 0 Å². The molecule has 17 heteroatoms. The average molecular weight is 693 g/mol. The largest absolute Gasteiger partial charge is 0.460 e. The number of hydrogen-bond acceptors (Lipinski definition) is 1. The van der Waals surface area contributed by atoms with E-state index in [1.807, 2.05) is 0 Å². The standard InChI is InChI=1S/C30H18F15NO/c1-18-9-5-6-13-21(18)17-46(22-14-8-7-12-20(22)16-15-19-10-3-2-4-11-19)23(47)24(31,32)25(33,34)26(35,36)27(37,38)28(39,40)29(41,42)30(43,44)45/h2-14H,17H2,1H3. The first-order valence-electron chi connectivity index (χ1n) is 12.7. The highest BCUT2D eigenvalue weighted by Crippen LogP contribution is 2.62. The van der Waals surface area contributed by atoms with E-state index < -0.39 is 65.4 Å². The molecular formula is C30H18F15NO. The lowest BCUT2D eigenvalue weighted by Gasteiger charge is -2.41. The van der Waals surface area contributed by atoms with Gasteiger partial charge in [0, 0.05) is 11.1 Å². The van der Waals surface area contributed by atoms with Crippen LogP contribution in [0.5, 0.6) is 0 Å². The van der Waals surface area contributed by atoms with Crippen molar-refractivity contribution in [3.63, 3.8) is 0 Å². The number of nitrogens with zero attached hydrogens (tertiary/aromatic N) is 1. The predicted octanol–water partition coefficient (Wildman–Crippen LogP) is 9.30. The molecule has 0 heterocycles.